The summed E-state index contributed by atoms with van der Waals surface area (Å²) in [6.07, 6.45) is -0.272. The van der Waals surface area contributed by atoms with Crippen molar-refractivity contribution in [3.8, 4) is 0 Å². The van der Waals surface area contributed by atoms with Crippen LogP contribution in [-0.2, 0) is 4.79 Å². The highest BCUT2D eigenvalue weighted by Crippen LogP contribution is 2.21. The number of carbonyl (C=O) groups excluding carboxylic acids is 1. The van der Waals surface area contributed by atoms with Crippen molar-refractivity contribution in [2.75, 3.05) is 0 Å². The Morgan fingerprint density at radius 2 is 1.95 bits per heavy atom. The third-order valence-corrected chi connectivity index (χ3v) is 3.20. The zero-order valence-electron chi connectivity index (χ0n) is 11.9. The van der Waals surface area contributed by atoms with Crippen LogP contribution in [0.5, 0.6) is 0 Å². The van der Waals surface area contributed by atoms with Gasteiger partial charge in [-0.25, -0.2) is 4.98 Å². The van der Waals surface area contributed by atoms with Crippen molar-refractivity contribution < 1.29 is 19.1 Å². The second-order valence-electron chi connectivity index (χ2n) is 4.83. The second-order valence-corrected chi connectivity index (χ2v) is 4.83. The van der Waals surface area contributed by atoms with Gasteiger partial charge in [-0.15, -0.1) is 0 Å². The number of carboxylic acids is 1. The first-order valence-electron chi connectivity index (χ1n) is 6.68. The van der Waals surface area contributed by atoms with Gasteiger partial charge in [0.25, 0.3) is 5.91 Å². The number of nitrogens with one attached hydrogen (secondary N) is 1. The molecular formula is C16H15FN2O3. The maximum absolute atomic E-state index is 13.1. The van der Waals surface area contributed by atoms with Gasteiger partial charge in [-0.2, -0.15) is 4.39 Å². The summed E-state index contributed by atoms with van der Waals surface area (Å²) in [4.78, 5) is 26.7. The Morgan fingerprint density at radius 1 is 1.23 bits per heavy atom. The van der Waals surface area contributed by atoms with E-state index >= 15 is 0 Å². The predicted molar refractivity (Wildman–Crippen MR) is 77.8 cm³/mol. The van der Waals surface area contributed by atoms with E-state index in [1.807, 2.05) is 19.1 Å². The molecule has 0 saturated heterocycles. The van der Waals surface area contributed by atoms with Crippen LogP contribution in [0.15, 0.2) is 42.5 Å². The Labute approximate surface area is 126 Å². The van der Waals surface area contributed by atoms with Crippen molar-refractivity contribution in [3.05, 3.63) is 65.2 Å². The van der Waals surface area contributed by atoms with E-state index < -0.39 is 23.9 Å². The maximum atomic E-state index is 13.1. The molecule has 1 heterocycles. The Morgan fingerprint density at radius 3 is 2.59 bits per heavy atom. The van der Waals surface area contributed by atoms with Crippen molar-refractivity contribution >= 4 is 11.9 Å². The lowest BCUT2D eigenvalue weighted by Crippen LogP contribution is -2.31. The van der Waals surface area contributed by atoms with Gasteiger partial charge in [-0.05, 0) is 30.2 Å². The number of nitrogens with zero attached hydrogens (tertiary/aromatic N) is 1. The molecule has 114 valence electrons. The lowest BCUT2D eigenvalue weighted by atomic mass is 9.98. The summed E-state index contributed by atoms with van der Waals surface area (Å²) in [5.74, 6) is -2.42. The molecule has 0 fully saturated rings. The van der Waals surface area contributed by atoms with E-state index in [0.717, 1.165) is 11.6 Å². The first-order chi connectivity index (χ1) is 10.5. The molecule has 0 aliphatic carbocycles. The van der Waals surface area contributed by atoms with Gasteiger partial charge in [0.15, 0.2) is 0 Å². The number of halogens is 1. The zero-order valence-corrected chi connectivity index (χ0v) is 11.9. The first kappa shape index (κ1) is 15.6. The van der Waals surface area contributed by atoms with E-state index in [9.17, 15) is 14.0 Å². The first-order valence-corrected chi connectivity index (χ1v) is 6.68. The molecule has 1 atom stereocenters. The second kappa shape index (κ2) is 6.80. The van der Waals surface area contributed by atoms with Crippen molar-refractivity contribution in [2.45, 2.75) is 19.4 Å². The minimum absolute atomic E-state index is 0.0935. The summed E-state index contributed by atoms with van der Waals surface area (Å²) >= 11 is 0. The largest absolute Gasteiger partial charge is 0.481 e. The van der Waals surface area contributed by atoms with Crippen LogP contribution in [0.3, 0.4) is 0 Å². The molecule has 2 rings (SSSR count). The summed E-state index contributed by atoms with van der Waals surface area (Å²) in [5, 5.41) is 11.6. The number of aliphatic carboxylic acids is 1. The third kappa shape index (κ3) is 3.88. The summed E-state index contributed by atoms with van der Waals surface area (Å²) in [6, 6.07) is 10.3. The smallest absolute Gasteiger partial charge is 0.305 e. The zero-order chi connectivity index (χ0) is 16.1. The molecule has 0 saturated carbocycles. The van der Waals surface area contributed by atoms with Crippen LogP contribution in [0.4, 0.5) is 4.39 Å². The monoisotopic (exact) mass is 302 g/mol. The number of carbonyl (C=O) groups is 2. The third-order valence-electron chi connectivity index (χ3n) is 3.20. The number of pyridine rings is 1. The number of carboxylic acid groups (broad SMARTS) is 1. The van der Waals surface area contributed by atoms with Gasteiger partial charge in [0.05, 0.1) is 12.5 Å². The van der Waals surface area contributed by atoms with Crippen LogP contribution in [-0.4, -0.2) is 22.0 Å². The van der Waals surface area contributed by atoms with Crippen LogP contribution in [0.25, 0.3) is 0 Å². The van der Waals surface area contributed by atoms with Crippen molar-refractivity contribution in [1.82, 2.24) is 10.3 Å². The van der Waals surface area contributed by atoms with E-state index in [-0.39, 0.29) is 12.1 Å². The minimum atomic E-state index is -1.04. The van der Waals surface area contributed by atoms with Crippen molar-refractivity contribution in [2.24, 2.45) is 0 Å². The number of amides is 1. The topological polar surface area (TPSA) is 79.3 Å². The number of benzene rings is 1. The minimum Gasteiger partial charge on any atom is -0.481 e. The molecule has 0 aliphatic heterocycles. The standard InChI is InChI=1S/C16H15FN2O3/c1-10-5-2-3-6-11(10)13(9-15(20)21)19-16(22)12-7-4-8-14(17)18-12/h2-8,13H,9H2,1H3,(H,19,22)(H,20,21)/t13-/m0/s1. The number of hydrogen-bond donors (Lipinski definition) is 2. The molecule has 5 nitrogen and oxygen atoms in total. The molecule has 6 heteroatoms. The maximum Gasteiger partial charge on any atom is 0.305 e. The van der Waals surface area contributed by atoms with Crippen LogP contribution in [0.2, 0.25) is 0 Å². The molecule has 1 aromatic heterocycles. The summed E-state index contributed by atoms with van der Waals surface area (Å²) in [5.41, 5.74) is 1.47. The predicted octanol–water partition coefficient (Wildman–Crippen LogP) is 2.47. The number of aryl methyl sites for hydroxylation is 1. The molecule has 0 bridgehead atoms. The molecule has 0 unspecified atom stereocenters. The summed E-state index contributed by atoms with van der Waals surface area (Å²) in [7, 11) is 0. The van der Waals surface area contributed by atoms with Gasteiger partial charge < -0.3 is 10.4 Å². The SMILES string of the molecule is Cc1ccccc1[C@H](CC(=O)O)NC(=O)c1cccc(F)n1. The normalized spacial score (nSPS) is 11.7. The average molecular weight is 302 g/mol. The molecule has 22 heavy (non-hydrogen) atoms. The van der Waals surface area contributed by atoms with Crippen molar-refractivity contribution in [1.29, 1.82) is 0 Å². The average Bonchev–Trinajstić information content (AvgIpc) is 2.46. The molecule has 0 radical (unpaired) electrons. The Kier molecular flexibility index (Phi) is 4.83. The van der Waals surface area contributed by atoms with Crippen LogP contribution in [0.1, 0.15) is 34.1 Å². The molecule has 1 aromatic carbocycles. The van der Waals surface area contributed by atoms with E-state index in [2.05, 4.69) is 10.3 Å². The van der Waals surface area contributed by atoms with E-state index in [1.54, 1.807) is 12.1 Å². The van der Waals surface area contributed by atoms with Crippen LogP contribution < -0.4 is 5.32 Å². The summed E-state index contributed by atoms with van der Waals surface area (Å²) < 4.78 is 13.1. The highest BCUT2D eigenvalue weighted by Gasteiger charge is 2.21. The van der Waals surface area contributed by atoms with Gasteiger partial charge in [-0.3, -0.25) is 9.59 Å². The highest BCUT2D eigenvalue weighted by atomic mass is 19.1. The van der Waals surface area contributed by atoms with E-state index in [0.29, 0.717) is 5.56 Å². The lowest BCUT2D eigenvalue weighted by molar-refractivity contribution is -0.137. The fraction of sp³-hybridized carbons (Fsp3) is 0.188. The fourth-order valence-electron chi connectivity index (χ4n) is 2.16. The highest BCUT2D eigenvalue weighted by molar-refractivity contribution is 5.92. The molecular weight excluding hydrogens is 287 g/mol. The quantitative estimate of drug-likeness (QED) is 0.832. The van der Waals surface area contributed by atoms with Gasteiger partial charge >= 0.3 is 5.97 Å². The molecule has 2 N–H and O–H groups in total. The van der Waals surface area contributed by atoms with Gasteiger partial charge in [0.1, 0.15) is 5.69 Å². The number of rotatable bonds is 5. The Bertz CT molecular complexity index is 703. The summed E-state index contributed by atoms with van der Waals surface area (Å²) in [6.45, 7) is 1.83. The van der Waals surface area contributed by atoms with E-state index in [1.165, 1.54) is 12.1 Å². The Balaban J connectivity index is 2.25. The lowest BCUT2D eigenvalue weighted by Gasteiger charge is -2.19. The Hall–Kier alpha value is -2.76. The van der Waals surface area contributed by atoms with Gasteiger partial charge in [0, 0.05) is 0 Å². The number of aromatic nitrogens is 1. The van der Waals surface area contributed by atoms with Gasteiger partial charge in [-0.1, -0.05) is 30.3 Å². The van der Waals surface area contributed by atoms with Gasteiger partial charge in [0.2, 0.25) is 5.95 Å². The molecule has 2 aromatic rings. The molecule has 0 aliphatic rings. The van der Waals surface area contributed by atoms with Crippen LogP contribution >= 0.6 is 0 Å². The fourth-order valence-corrected chi connectivity index (χ4v) is 2.16. The van der Waals surface area contributed by atoms with Crippen LogP contribution in [0, 0.1) is 12.9 Å². The molecule has 0 spiro atoms. The van der Waals surface area contributed by atoms with E-state index in [4.69, 9.17) is 5.11 Å². The van der Waals surface area contributed by atoms with Crippen molar-refractivity contribution in [3.63, 3.8) is 0 Å². The number of hydrogen-bond acceptors (Lipinski definition) is 3. The molecule has 1 amide bonds.